The first-order valence-electron chi connectivity index (χ1n) is 5.91. The number of rotatable bonds is 7. The second kappa shape index (κ2) is 7.35. The fraction of sp³-hybridized carbons (Fsp3) is 0.818. The molecule has 0 aliphatic rings. The van der Waals surface area contributed by atoms with E-state index in [1.54, 1.807) is 6.92 Å². The highest BCUT2D eigenvalue weighted by atomic mass is 32.2. The molecule has 0 aliphatic heterocycles. The lowest BCUT2D eigenvalue weighted by molar-refractivity contribution is -0.147. The van der Waals surface area contributed by atoms with Crippen LogP contribution >= 0.6 is 0 Å². The number of hydrogen-bond acceptors (Lipinski definition) is 3. The van der Waals surface area contributed by atoms with Crippen LogP contribution in [0.2, 0.25) is 0 Å². The third-order valence-corrected chi connectivity index (χ3v) is 3.99. The van der Waals surface area contributed by atoms with E-state index in [1.807, 2.05) is 6.92 Å². The molecule has 0 spiro atoms. The summed E-state index contributed by atoms with van der Waals surface area (Å²) in [5.74, 6) is -0.127. The van der Waals surface area contributed by atoms with Crippen molar-refractivity contribution < 1.29 is 18.9 Å². The van der Waals surface area contributed by atoms with Gasteiger partial charge in [-0.1, -0.05) is 6.92 Å². The summed E-state index contributed by atoms with van der Waals surface area (Å²) in [5, 5.41) is 11.7. The second-order valence-electron chi connectivity index (χ2n) is 4.27. The number of likely N-dealkylation sites (N-methyl/N-ethyl adjacent to an activating group) is 1. The van der Waals surface area contributed by atoms with Gasteiger partial charge in [0.2, 0.25) is 0 Å². The molecule has 0 heterocycles. The van der Waals surface area contributed by atoms with Crippen molar-refractivity contribution in [2.75, 3.05) is 24.6 Å². The zero-order chi connectivity index (χ0) is 14.3. The van der Waals surface area contributed by atoms with Crippen LogP contribution in [0.15, 0.2) is 0 Å². The minimum atomic E-state index is -1.26. The molecule has 0 aliphatic carbocycles. The minimum Gasteiger partial charge on any atom is -0.480 e. The van der Waals surface area contributed by atoms with E-state index in [0.717, 1.165) is 0 Å². The van der Waals surface area contributed by atoms with Crippen molar-refractivity contribution in [1.29, 1.82) is 0 Å². The Labute approximate surface area is 110 Å². The lowest BCUT2D eigenvalue weighted by Crippen LogP contribution is -2.56. The highest BCUT2D eigenvalue weighted by Crippen LogP contribution is 2.14. The molecule has 1 unspecified atom stereocenters. The molecule has 6 nitrogen and oxygen atoms in total. The van der Waals surface area contributed by atoms with Crippen LogP contribution < -0.4 is 5.32 Å². The molecule has 2 N–H and O–H groups in total. The Kier molecular flexibility index (Phi) is 6.90. The lowest BCUT2D eigenvalue weighted by atomic mass is 10.0. The summed E-state index contributed by atoms with van der Waals surface area (Å²) in [7, 11) is -0.938. The van der Waals surface area contributed by atoms with Gasteiger partial charge in [0.05, 0.1) is 0 Å². The molecule has 7 heteroatoms. The molecule has 1 atom stereocenters. The first-order chi connectivity index (χ1) is 8.27. The average Bonchev–Trinajstić information content (AvgIpc) is 2.29. The van der Waals surface area contributed by atoms with Crippen molar-refractivity contribution in [3.8, 4) is 0 Å². The third-order valence-electron chi connectivity index (χ3n) is 2.69. The van der Waals surface area contributed by atoms with Crippen molar-refractivity contribution in [3.05, 3.63) is 0 Å². The number of carboxylic acid groups (broad SMARTS) is 1. The minimum absolute atomic E-state index is 0.283. The van der Waals surface area contributed by atoms with Crippen LogP contribution in [0.25, 0.3) is 0 Å². The number of carboxylic acids is 1. The Morgan fingerprint density at radius 3 is 2.28 bits per heavy atom. The van der Waals surface area contributed by atoms with E-state index in [1.165, 1.54) is 18.7 Å². The first-order valence-corrected chi connectivity index (χ1v) is 7.40. The number of aliphatic carboxylic acids is 1. The van der Waals surface area contributed by atoms with Crippen LogP contribution in [-0.2, 0) is 15.6 Å². The molecule has 0 aromatic rings. The van der Waals surface area contributed by atoms with Gasteiger partial charge in [-0.3, -0.25) is 4.21 Å². The van der Waals surface area contributed by atoms with Gasteiger partial charge in [-0.2, -0.15) is 0 Å². The van der Waals surface area contributed by atoms with Crippen LogP contribution in [0.3, 0.4) is 0 Å². The van der Waals surface area contributed by atoms with Gasteiger partial charge in [0, 0.05) is 35.4 Å². The van der Waals surface area contributed by atoms with Gasteiger partial charge in [0.15, 0.2) is 0 Å². The van der Waals surface area contributed by atoms with E-state index < -0.39 is 28.3 Å². The van der Waals surface area contributed by atoms with Gasteiger partial charge in [0.1, 0.15) is 5.54 Å². The largest absolute Gasteiger partial charge is 0.480 e. The molecule has 0 saturated carbocycles. The van der Waals surface area contributed by atoms with Gasteiger partial charge >= 0.3 is 12.0 Å². The molecule has 0 saturated heterocycles. The Morgan fingerprint density at radius 1 is 1.33 bits per heavy atom. The molecule has 2 amide bonds. The highest BCUT2D eigenvalue weighted by Gasteiger charge is 2.36. The van der Waals surface area contributed by atoms with E-state index in [9.17, 15) is 13.8 Å². The number of nitrogens with one attached hydrogen (secondary N) is 1. The molecule has 0 aromatic carbocycles. The van der Waals surface area contributed by atoms with Gasteiger partial charge in [-0.25, -0.2) is 9.59 Å². The predicted molar refractivity (Wildman–Crippen MR) is 71.0 cm³/mol. The highest BCUT2D eigenvalue weighted by molar-refractivity contribution is 7.84. The van der Waals surface area contributed by atoms with Crippen LogP contribution in [0.5, 0.6) is 0 Å². The number of carbonyl (C=O) groups excluding carboxylic acids is 1. The van der Waals surface area contributed by atoms with Gasteiger partial charge < -0.3 is 15.3 Å². The van der Waals surface area contributed by atoms with E-state index in [0.29, 0.717) is 18.1 Å². The second-order valence-corrected chi connectivity index (χ2v) is 6.14. The van der Waals surface area contributed by atoms with Crippen LogP contribution in [0, 0.1) is 0 Å². The van der Waals surface area contributed by atoms with Gasteiger partial charge in [-0.15, -0.1) is 0 Å². The summed E-state index contributed by atoms with van der Waals surface area (Å²) >= 11 is 0. The smallest absolute Gasteiger partial charge is 0.329 e. The molecular weight excluding hydrogens is 256 g/mol. The van der Waals surface area contributed by atoms with E-state index in [2.05, 4.69) is 5.32 Å². The van der Waals surface area contributed by atoms with E-state index in [4.69, 9.17) is 5.11 Å². The molecule has 106 valence electrons. The molecule has 0 radical (unpaired) electrons. The maximum atomic E-state index is 11.8. The molecule has 0 bridgehead atoms. The summed E-state index contributed by atoms with van der Waals surface area (Å²) < 4.78 is 11.2. The Morgan fingerprint density at radius 2 is 1.89 bits per heavy atom. The molecular formula is C11H22N2O4S. The summed E-state index contributed by atoms with van der Waals surface area (Å²) in [5.41, 5.74) is -1.26. The fourth-order valence-corrected chi connectivity index (χ4v) is 2.04. The van der Waals surface area contributed by atoms with Crippen molar-refractivity contribution in [3.63, 3.8) is 0 Å². The molecule has 0 rings (SSSR count). The Balaban J connectivity index is 4.46. The van der Waals surface area contributed by atoms with E-state index in [-0.39, 0.29) is 6.54 Å². The summed E-state index contributed by atoms with van der Waals surface area (Å²) in [4.78, 5) is 24.2. The third kappa shape index (κ3) is 4.64. The predicted octanol–water partition coefficient (Wildman–Crippen LogP) is 0.650. The first kappa shape index (κ1) is 16.9. The maximum Gasteiger partial charge on any atom is 0.329 e. The summed E-state index contributed by atoms with van der Waals surface area (Å²) in [6.45, 7) is 7.05. The van der Waals surface area contributed by atoms with Crippen LogP contribution in [-0.4, -0.2) is 56.3 Å². The zero-order valence-corrected chi connectivity index (χ0v) is 12.2. The fourth-order valence-electron chi connectivity index (χ4n) is 1.42. The topological polar surface area (TPSA) is 86.7 Å². The monoisotopic (exact) mass is 278 g/mol. The standard InChI is InChI=1S/C11H22N2O4S/c1-5-13(11(3,4)9(14)15)10(16)12-7-8-18(17)6-2/h5-8H2,1-4H3,(H,12,16)(H,14,15). The summed E-state index contributed by atoms with van der Waals surface area (Å²) in [6, 6.07) is -0.446. The van der Waals surface area contributed by atoms with Crippen molar-refractivity contribution >= 4 is 22.8 Å². The van der Waals surface area contributed by atoms with Crippen molar-refractivity contribution in [2.24, 2.45) is 0 Å². The average molecular weight is 278 g/mol. The number of hydrogen-bond donors (Lipinski definition) is 2. The van der Waals surface area contributed by atoms with Crippen LogP contribution in [0.4, 0.5) is 4.79 Å². The Bertz CT molecular complexity index is 331. The van der Waals surface area contributed by atoms with E-state index >= 15 is 0 Å². The van der Waals surface area contributed by atoms with Crippen molar-refractivity contribution in [2.45, 2.75) is 33.2 Å². The number of amides is 2. The Hall–Kier alpha value is -1.11. The van der Waals surface area contributed by atoms with Gasteiger partial charge in [0.25, 0.3) is 0 Å². The van der Waals surface area contributed by atoms with Crippen LogP contribution in [0.1, 0.15) is 27.7 Å². The molecule has 0 fully saturated rings. The number of carbonyl (C=O) groups is 2. The van der Waals surface area contributed by atoms with Gasteiger partial charge in [-0.05, 0) is 20.8 Å². The SMILES string of the molecule is CCN(C(=O)NCCS(=O)CC)C(C)(C)C(=O)O. The quantitative estimate of drug-likeness (QED) is 0.716. The summed E-state index contributed by atoms with van der Waals surface area (Å²) in [6.07, 6.45) is 0. The normalized spacial score (nSPS) is 12.9. The van der Waals surface area contributed by atoms with Crippen molar-refractivity contribution in [1.82, 2.24) is 10.2 Å². The number of nitrogens with zero attached hydrogens (tertiary/aromatic N) is 1. The zero-order valence-electron chi connectivity index (χ0n) is 11.4. The molecule has 18 heavy (non-hydrogen) atoms. The molecule has 0 aromatic heterocycles. The maximum absolute atomic E-state index is 11.8. The lowest BCUT2D eigenvalue weighted by Gasteiger charge is -2.34. The number of urea groups is 1.